The highest BCUT2D eigenvalue weighted by molar-refractivity contribution is 7.17. The molecule has 0 aliphatic rings. The lowest BCUT2D eigenvalue weighted by Gasteiger charge is -2.15. The second kappa shape index (κ2) is 6.13. The number of aldehydes is 1. The number of rotatable bonds is 5. The van der Waals surface area contributed by atoms with Crippen LogP contribution in [0.4, 0.5) is 15.2 Å². The Labute approximate surface area is 122 Å². The zero-order valence-electron chi connectivity index (χ0n) is 11.8. The molecule has 0 N–H and O–H groups in total. The molecule has 0 saturated heterocycles. The minimum absolute atomic E-state index is 0.252. The Hall–Kier alpha value is -1.75. The average molecular weight is 292 g/mol. The summed E-state index contributed by atoms with van der Waals surface area (Å²) in [6, 6.07) is 6.21. The SMILES string of the molecule is CCC(C)c1nc(N(C)c2ccc(F)cc2)sc1C=O. The summed E-state index contributed by atoms with van der Waals surface area (Å²) in [4.78, 5) is 18.3. The summed E-state index contributed by atoms with van der Waals surface area (Å²) in [5.74, 6) is -0.0167. The van der Waals surface area contributed by atoms with E-state index in [-0.39, 0.29) is 11.7 Å². The van der Waals surface area contributed by atoms with Crippen LogP contribution in [0, 0.1) is 5.82 Å². The van der Waals surface area contributed by atoms with E-state index in [1.165, 1.54) is 23.5 Å². The van der Waals surface area contributed by atoms with E-state index in [1.807, 2.05) is 11.9 Å². The maximum Gasteiger partial charge on any atom is 0.190 e. The molecule has 20 heavy (non-hydrogen) atoms. The van der Waals surface area contributed by atoms with Gasteiger partial charge in [-0.25, -0.2) is 9.37 Å². The van der Waals surface area contributed by atoms with E-state index in [0.717, 1.165) is 29.2 Å². The van der Waals surface area contributed by atoms with Gasteiger partial charge in [-0.05, 0) is 36.6 Å². The van der Waals surface area contributed by atoms with E-state index >= 15 is 0 Å². The summed E-state index contributed by atoms with van der Waals surface area (Å²) in [6.45, 7) is 4.13. The lowest BCUT2D eigenvalue weighted by Crippen LogP contribution is -2.09. The van der Waals surface area contributed by atoms with Crippen molar-refractivity contribution >= 4 is 28.4 Å². The number of thiazole rings is 1. The summed E-state index contributed by atoms with van der Waals surface area (Å²) in [5.41, 5.74) is 1.68. The van der Waals surface area contributed by atoms with E-state index < -0.39 is 0 Å². The van der Waals surface area contributed by atoms with Crippen LogP contribution < -0.4 is 4.90 Å². The van der Waals surface area contributed by atoms with E-state index in [1.54, 1.807) is 12.1 Å². The lowest BCUT2D eigenvalue weighted by atomic mass is 10.0. The number of halogens is 1. The predicted molar refractivity (Wildman–Crippen MR) is 80.7 cm³/mol. The second-order valence-corrected chi connectivity index (χ2v) is 5.72. The Balaban J connectivity index is 2.35. The van der Waals surface area contributed by atoms with Gasteiger partial charge in [-0.15, -0.1) is 0 Å². The first-order chi connectivity index (χ1) is 9.56. The monoisotopic (exact) mass is 292 g/mol. The number of carbonyl (C=O) groups is 1. The molecule has 2 rings (SSSR count). The molecule has 3 nitrogen and oxygen atoms in total. The van der Waals surface area contributed by atoms with Gasteiger partial charge < -0.3 is 4.90 Å². The van der Waals surface area contributed by atoms with Gasteiger partial charge in [0.25, 0.3) is 0 Å². The molecule has 0 bridgehead atoms. The molecule has 0 aliphatic heterocycles. The first kappa shape index (κ1) is 14.7. The van der Waals surface area contributed by atoms with Crippen molar-refractivity contribution in [2.45, 2.75) is 26.2 Å². The third-order valence-electron chi connectivity index (χ3n) is 3.36. The summed E-state index contributed by atoms with van der Waals surface area (Å²) >= 11 is 1.36. The van der Waals surface area contributed by atoms with Crippen molar-refractivity contribution in [2.75, 3.05) is 11.9 Å². The van der Waals surface area contributed by atoms with Crippen molar-refractivity contribution in [3.8, 4) is 0 Å². The number of hydrogen-bond acceptors (Lipinski definition) is 4. The van der Waals surface area contributed by atoms with E-state index in [0.29, 0.717) is 4.88 Å². The first-order valence-corrected chi connectivity index (χ1v) is 7.33. The van der Waals surface area contributed by atoms with Gasteiger partial charge in [-0.1, -0.05) is 25.2 Å². The van der Waals surface area contributed by atoms with Gasteiger partial charge in [0.1, 0.15) is 5.82 Å². The third kappa shape index (κ3) is 2.88. The number of nitrogens with zero attached hydrogens (tertiary/aromatic N) is 2. The number of aromatic nitrogens is 1. The zero-order chi connectivity index (χ0) is 14.7. The van der Waals surface area contributed by atoms with Crippen LogP contribution in [0.1, 0.15) is 41.6 Å². The average Bonchev–Trinajstić information content (AvgIpc) is 2.90. The Morgan fingerprint density at radius 2 is 2.05 bits per heavy atom. The molecule has 0 aliphatic carbocycles. The Bertz CT molecular complexity index is 594. The largest absolute Gasteiger partial charge is 0.321 e. The molecule has 0 fully saturated rings. The number of benzene rings is 1. The van der Waals surface area contributed by atoms with Gasteiger partial charge >= 0.3 is 0 Å². The van der Waals surface area contributed by atoms with Crippen molar-refractivity contribution in [3.05, 3.63) is 40.7 Å². The van der Waals surface area contributed by atoms with Gasteiger partial charge in [-0.3, -0.25) is 4.79 Å². The molecule has 0 amide bonds. The number of hydrogen-bond donors (Lipinski definition) is 0. The standard InChI is InChI=1S/C15H17FN2OS/c1-4-10(2)14-13(9-19)20-15(17-14)18(3)12-7-5-11(16)6-8-12/h5-10H,4H2,1-3H3. The molecule has 0 saturated carbocycles. The molecule has 1 atom stereocenters. The summed E-state index contributed by atoms with van der Waals surface area (Å²) in [7, 11) is 1.86. The molecule has 1 aromatic carbocycles. The van der Waals surface area contributed by atoms with E-state index in [4.69, 9.17) is 0 Å². The smallest absolute Gasteiger partial charge is 0.190 e. The minimum atomic E-state index is -0.268. The molecule has 0 spiro atoms. The topological polar surface area (TPSA) is 33.2 Å². The number of anilines is 2. The van der Waals surface area contributed by atoms with Gasteiger partial charge in [0, 0.05) is 12.7 Å². The molecule has 1 heterocycles. The highest BCUT2D eigenvalue weighted by Gasteiger charge is 2.18. The molecule has 0 radical (unpaired) electrons. The third-order valence-corrected chi connectivity index (χ3v) is 4.43. The number of carbonyl (C=O) groups excluding carboxylic acids is 1. The predicted octanol–water partition coefficient (Wildman–Crippen LogP) is 4.38. The van der Waals surface area contributed by atoms with Gasteiger partial charge in [0.2, 0.25) is 0 Å². The summed E-state index contributed by atoms with van der Waals surface area (Å²) < 4.78 is 12.9. The van der Waals surface area contributed by atoms with Crippen molar-refractivity contribution in [2.24, 2.45) is 0 Å². The second-order valence-electron chi connectivity index (χ2n) is 4.71. The minimum Gasteiger partial charge on any atom is -0.321 e. The molecule has 106 valence electrons. The van der Waals surface area contributed by atoms with E-state index in [2.05, 4.69) is 18.8 Å². The fraction of sp³-hybridized carbons (Fsp3) is 0.333. The van der Waals surface area contributed by atoms with Crippen molar-refractivity contribution < 1.29 is 9.18 Å². The van der Waals surface area contributed by atoms with Crippen LogP contribution >= 0.6 is 11.3 Å². The molecular weight excluding hydrogens is 275 g/mol. The quantitative estimate of drug-likeness (QED) is 0.767. The van der Waals surface area contributed by atoms with Crippen molar-refractivity contribution in [3.63, 3.8) is 0 Å². The highest BCUT2D eigenvalue weighted by atomic mass is 32.1. The maximum absolute atomic E-state index is 12.9. The van der Waals surface area contributed by atoms with Crippen LogP contribution in [0.15, 0.2) is 24.3 Å². The highest BCUT2D eigenvalue weighted by Crippen LogP contribution is 2.33. The van der Waals surface area contributed by atoms with Crippen LogP contribution in [-0.2, 0) is 0 Å². The Morgan fingerprint density at radius 3 is 2.60 bits per heavy atom. The van der Waals surface area contributed by atoms with Crippen LogP contribution in [0.25, 0.3) is 0 Å². The van der Waals surface area contributed by atoms with Crippen molar-refractivity contribution in [1.82, 2.24) is 4.98 Å². The van der Waals surface area contributed by atoms with Crippen LogP contribution in [0.2, 0.25) is 0 Å². The normalized spacial score (nSPS) is 12.2. The summed E-state index contributed by atoms with van der Waals surface area (Å²) in [6.07, 6.45) is 1.80. The Kier molecular flexibility index (Phi) is 4.49. The van der Waals surface area contributed by atoms with E-state index in [9.17, 15) is 9.18 Å². The molecule has 5 heteroatoms. The van der Waals surface area contributed by atoms with Crippen molar-refractivity contribution in [1.29, 1.82) is 0 Å². The van der Waals surface area contributed by atoms with Gasteiger partial charge in [0.05, 0.1) is 10.6 Å². The zero-order valence-corrected chi connectivity index (χ0v) is 12.6. The molecular formula is C15H17FN2OS. The van der Waals surface area contributed by atoms with Crippen LogP contribution in [0.3, 0.4) is 0 Å². The summed E-state index contributed by atoms with van der Waals surface area (Å²) in [5, 5.41) is 0.744. The Morgan fingerprint density at radius 1 is 1.40 bits per heavy atom. The molecule has 2 aromatic rings. The van der Waals surface area contributed by atoms with Gasteiger partial charge in [-0.2, -0.15) is 0 Å². The fourth-order valence-corrected chi connectivity index (χ4v) is 2.86. The lowest BCUT2D eigenvalue weighted by molar-refractivity contribution is 0.112. The molecule has 1 unspecified atom stereocenters. The van der Waals surface area contributed by atoms with Crippen LogP contribution in [0.5, 0.6) is 0 Å². The fourth-order valence-electron chi connectivity index (χ4n) is 1.88. The van der Waals surface area contributed by atoms with Crippen LogP contribution in [-0.4, -0.2) is 18.3 Å². The van der Waals surface area contributed by atoms with Gasteiger partial charge in [0.15, 0.2) is 11.4 Å². The maximum atomic E-state index is 12.9. The molecule has 1 aromatic heterocycles. The first-order valence-electron chi connectivity index (χ1n) is 6.52.